The van der Waals surface area contributed by atoms with Crippen LogP contribution in [0.2, 0.25) is 0 Å². The number of aromatic hydroxyl groups is 1. The summed E-state index contributed by atoms with van der Waals surface area (Å²) >= 11 is 0. The van der Waals surface area contributed by atoms with Crippen molar-refractivity contribution in [3.8, 4) is 5.75 Å². The van der Waals surface area contributed by atoms with Gasteiger partial charge in [0, 0.05) is 38.8 Å². The number of phenols is 1. The SMILES string of the molecule is CC(Cc1ccc(O)cc1)NC(=O)N1CCC(CN2CCOCC2)CC1. The van der Waals surface area contributed by atoms with Crippen LogP contribution in [-0.2, 0) is 11.2 Å². The summed E-state index contributed by atoms with van der Waals surface area (Å²) in [7, 11) is 0. The highest BCUT2D eigenvalue weighted by atomic mass is 16.5. The first-order valence-electron chi connectivity index (χ1n) is 9.73. The van der Waals surface area contributed by atoms with Gasteiger partial charge in [0.15, 0.2) is 0 Å². The zero-order valence-corrected chi connectivity index (χ0v) is 15.7. The molecule has 2 N–H and O–H groups in total. The van der Waals surface area contributed by atoms with Crippen molar-refractivity contribution in [1.29, 1.82) is 0 Å². The third-order valence-corrected chi connectivity index (χ3v) is 5.37. The van der Waals surface area contributed by atoms with Crippen LogP contribution in [0.1, 0.15) is 25.3 Å². The molecule has 2 aliphatic heterocycles. The summed E-state index contributed by atoms with van der Waals surface area (Å²) in [5.41, 5.74) is 1.11. The molecule has 0 saturated carbocycles. The zero-order chi connectivity index (χ0) is 18.4. The smallest absolute Gasteiger partial charge is 0.317 e. The average Bonchev–Trinajstić information content (AvgIpc) is 2.65. The Morgan fingerprint density at radius 1 is 1.19 bits per heavy atom. The monoisotopic (exact) mass is 361 g/mol. The summed E-state index contributed by atoms with van der Waals surface area (Å²) in [6.45, 7) is 8.61. The van der Waals surface area contributed by atoms with E-state index in [4.69, 9.17) is 4.74 Å². The van der Waals surface area contributed by atoms with Gasteiger partial charge in [0.05, 0.1) is 13.2 Å². The second kappa shape index (κ2) is 9.24. The Morgan fingerprint density at radius 3 is 2.50 bits per heavy atom. The number of carbonyl (C=O) groups excluding carboxylic acids is 1. The number of likely N-dealkylation sites (tertiary alicyclic amines) is 1. The van der Waals surface area contributed by atoms with E-state index in [1.165, 1.54) is 0 Å². The van der Waals surface area contributed by atoms with Crippen LogP contribution >= 0.6 is 0 Å². The number of urea groups is 1. The molecule has 1 unspecified atom stereocenters. The molecule has 144 valence electrons. The number of rotatable bonds is 5. The second-order valence-electron chi connectivity index (χ2n) is 7.56. The number of hydrogen-bond acceptors (Lipinski definition) is 4. The fourth-order valence-corrected chi connectivity index (χ4v) is 3.81. The molecule has 0 bridgehead atoms. The van der Waals surface area contributed by atoms with Crippen LogP contribution < -0.4 is 5.32 Å². The van der Waals surface area contributed by atoms with Crippen LogP contribution in [-0.4, -0.2) is 72.9 Å². The third kappa shape index (κ3) is 5.61. The molecule has 2 fully saturated rings. The Labute approximate surface area is 156 Å². The van der Waals surface area contributed by atoms with E-state index in [0.29, 0.717) is 5.92 Å². The van der Waals surface area contributed by atoms with E-state index in [1.54, 1.807) is 12.1 Å². The largest absolute Gasteiger partial charge is 0.508 e. The van der Waals surface area contributed by atoms with E-state index in [1.807, 2.05) is 24.0 Å². The molecule has 1 aromatic carbocycles. The molecule has 0 aromatic heterocycles. The van der Waals surface area contributed by atoms with Crippen LogP contribution in [0.5, 0.6) is 5.75 Å². The molecule has 2 saturated heterocycles. The van der Waals surface area contributed by atoms with Crippen LogP contribution in [0.4, 0.5) is 4.79 Å². The van der Waals surface area contributed by atoms with Crippen molar-refractivity contribution in [2.45, 2.75) is 32.2 Å². The molecule has 0 aliphatic carbocycles. The van der Waals surface area contributed by atoms with Gasteiger partial charge in [0.25, 0.3) is 0 Å². The molecule has 2 heterocycles. The molecule has 1 atom stereocenters. The van der Waals surface area contributed by atoms with Gasteiger partial charge in [-0.2, -0.15) is 0 Å². The molecule has 0 radical (unpaired) electrons. The summed E-state index contributed by atoms with van der Waals surface area (Å²) in [5, 5.41) is 12.5. The number of carbonyl (C=O) groups is 1. The summed E-state index contributed by atoms with van der Waals surface area (Å²) in [6, 6.07) is 7.27. The number of benzene rings is 1. The van der Waals surface area contributed by atoms with Gasteiger partial charge in [-0.25, -0.2) is 4.79 Å². The number of morpholine rings is 1. The first-order valence-corrected chi connectivity index (χ1v) is 9.73. The lowest BCUT2D eigenvalue weighted by atomic mass is 9.96. The van der Waals surface area contributed by atoms with E-state index < -0.39 is 0 Å². The number of phenolic OH excluding ortho intramolecular Hbond substituents is 1. The quantitative estimate of drug-likeness (QED) is 0.843. The van der Waals surface area contributed by atoms with Crippen molar-refractivity contribution in [3.05, 3.63) is 29.8 Å². The highest BCUT2D eigenvalue weighted by molar-refractivity contribution is 5.74. The lowest BCUT2D eigenvalue weighted by molar-refractivity contribution is 0.0258. The van der Waals surface area contributed by atoms with E-state index in [9.17, 15) is 9.90 Å². The lowest BCUT2D eigenvalue weighted by Crippen LogP contribution is -2.49. The van der Waals surface area contributed by atoms with Gasteiger partial charge in [-0.3, -0.25) is 4.90 Å². The van der Waals surface area contributed by atoms with Gasteiger partial charge in [-0.05, 0) is 49.8 Å². The fraction of sp³-hybridized carbons (Fsp3) is 0.650. The molecule has 3 rings (SSSR count). The van der Waals surface area contributed by atoms with Crippen molar-refractivity contribution in [2.24, 2.45) is 5.92 Å². The average molecular weight is 361 g/mol. The van der Waals surface area contributed by atoms with Crippen LogP contribution in [0.15, 0.2) is 24.3 Å². The number of ether oxygens (including phenoxy) is 1. The predicted molar refractivity (Wildman–Crippen MR) is 101 cm³/mol. The Morgan fingerprint density at radius 2 is 1.85 bits per heavy atom. The second-order valence-corrected chi connectivity index (χ2v) is 7.56. The number of amides is 2. The molecule has 26 heavy (non-hydrogen) atoms. The summed E-state index contributed by atoms with van der Waals surface area (Å²) in [6.07, 6.45) is 2.92. The molecule has 0 spiro atoms. The molecule has 6 nitrogen and oxygen atoms in total. The van der Waals surface area contributed by atoms with Gasteiger partial charge in [-0.15, -0.1) is 0 Å². The highest BCUT2D eigenvalue weighted by Crippen LogP contribution is 2.19. The Balaban J connectivity index is 1.38. The fourth-order valence-electron chi connectivity index (χ4n) is 3.81. The van der Waals surface area contributed by atoms with E-state index >= 15 is 0 Å². The minimum atomic E-state index is 0.0427. The molecule has 2 amide bonds. The van der Waals surface area contributed by atoms with E-state index in [2.05, 4.69) is 10.2 Å². The normalized spacial score (nSPS) is 20.7. The molecular weight excluding hydrogens is 330 g/mol. The van der Waals surface area contributed by atoms with Crippen molar-refractivity contribution in [3.63, 3.8) is 0 Å². The lowest BCUT2D eigenvalue weighted by Gasteiger charge is -2.36. The minimum Gasteiger partial charge on any atom is -0.508 e. The van der Waals surface area contributed by atoms with Gasteiger partial charge < -0.3 is 20.1 Å². The van der Waals surface area contributed by atoms with Crippen LogP contribution in [0.25, 0.3) is 0 Å². The highest BCUT2D eigenvalue weighted by Gasteiger charge is 2.25. The summed E-state index contributed by atoms with van der Waals surface area (Å²) in [4.78, 5) is 16.9. The number of piperidine rings is 1. The van der Waals surface area contributed by atoms with Crippen molar-refractivity contribution in [1.82, 2.24) is 15.1 Å². The topological polar surface area (TPSA) is 65.0 Å². The molecule has 2 aliphatic rings. The van der Waals surface area contributed by atoms with E-state index in [0.717, 1.165) is 70.8 Å². The van der Waals surface area contributed by atoms with E-state index in [-0.39, 0.29) is 17.8 Å². The predicted octanol–water partition coefficient (Wildman–Crippen LogP) is 2.08. The number of hydrogen-bond donors (Lipinski definition) is 2. The molecule has 6 heteroatoms. The third-order valence-electron chi connectivity index (χ3n) is 5.37. The zero-order valence-electron chi connectivity index (χ0n) is 15.7. The van der Waals surface area contributed by atoms with Gasteiger partial charge >= 0.3 is 6.03 Å². The Bertz CT molecular complexity index is 564. The van der Waals surface area contributed by atoms with Crippen molar-refractivity contribution < 1.29 is 14.6 Å². The molecule has 1 aromatic rings. The van der Waals surface area contributed by atoms with Gasteiger partial charge in [0.2, 0.25) is 0 Å². The maximum absolute atomic E-state index is 12.5. The van der Waals surface area contributed by atoms with Gasteiger partial charge in [-0.1, -0.05) is 12.1 Å². The van der Waals surface area contributed by atoms with Crippen molar-refractivity contribution >= 4 is 6.03 Å². The number of nitrogens with zero attached hydrogens (tertiary/aromatic N) is 2. The van der Waals surface area contributed by atoms with Gasteiger partial charge in [0.1, 0.15) is 5.75 Å². The van der Waals surface area contributed by atoms with Crippen molar-refractivity contribution in [2.75, 3.05) is 45.9 Å². The Kier molecular flexibility index (Phi) is 6.74. The van der Waals surface area contributed by atoms with Crippen LogP contribution in [0, 0.1) is 5.92 Å². The first-order chi connectivity index (χ1) is 12.6. The maximum atomic E-state index is 12.5. The summed E-state index contributed by atoms with van der Waals surface area (Å²) in [5.74, 6) is 0.956. The standard InChI is InChI=1S/C20H31N3O3/c1-16(14-17-2-4-19(24)5-3-17)21-20(25)23-8-6-18(7-9-23)15-22-10-12-26-13-11-22/h2-5,16,18,24H,6-15H2,1H3,(H,21,25). The molecular formula is C20H31N3O3. The summed E-state index contributed by atoms with van der Waals surface area (Å²) < 4.78 is 5.41. The minimum absolute atomic E-state index is 0.0427. The first kappa shape index (κ1) is 19.0. The Hall–Kier alpha value is -1.79. The number of nitrogens with one attached hydrogen (secondary N) is 1. The maximum Gasteiger partial charge on any atom is 0.317 e. The van der Waals surface area contributed by atoms with Crippen LogP contribution in [0.3, 0.4) is 0 Å².